The van der Waals surface area contributed by atoms with Crippen LogP contribution in [-0.2, 0) is 34.2 Å². The number of sulfonamides is 1. The average Bonchev–Trinajstić information content (AvgIpc) is 3.18. The summed E-state index contributed by atoms with van der Waals surface area (Å²) in [6, 6.07) is 7.43. The number of aryl methyl sites for hydroxylation is 1. The number of carbonyl (C=O) groups excluding carboxylic acids is 1. The Morgan fingerprint density at radius 3 is 2.85 bits per heavy atom. The molecule has 1 aromatic carbocycles. The fourth-order valence-electron chi connectivity index (χ4n) is 3.18. The first-order valence-corrected chi connectivity index (χ1v) is 10.5. The molecule has 1 fully saturated rings. The first-order chi connectivity index (χ1) is 13.0. The molecule has 4 rings (SSSR count). The number of nitrogens with one attached hydrogen (secondary N) is 1. The van der Waals surface area contributed by atoms with Gasteiger partial charge in [0.05, 0.1) is 12.6 Å². The monoisotopic (exact) mass is 387 g/mol. The van der Waals surface area contributed by atoms with Crippen LogP contribution in [0.4, 0.5) is 0 Å². The summed E-state index contributed by atoms with van der Waals surface area (Å²) < 4.78 is 34.5. The Balaban J connectivity index is 1.51. The minimum absolute atomic E-state index is 0.00395. The van der Waals surface area contributed by atoms with E-state index in [0.717, 1.165) is 23.8 Å². The van der Waals surface area contributed by atoms with Crippen LogP contribution in [0.15, 0.2) is 46.0 Å². The van der Waals surface area contributed by atoms with Crippen LogP contribution in [0.2, 0.25) is 0 Å². The molecule has 2 heterocycles. The topological polar surface area (TPSA) is 94.2 Å². The Bertz CT molecular complexity index is 1090. The van der Waals surface area contributed by atoms with Crippen molar-refractivity contribution in [2.24, 2.45) is 5.92 Å². The number of benzene rings is 1. The van der Waals surface area contributed by atoms with Crippen molar-refractivity contribution >= 4 is 26.9 Å². The Morgan fingerprint density at radius 1 is 1.33 bits per heavy atom. The van der Waals surface area contributed by atoms with E-state index in [1.807, 2.05) is 31.2 Å². The average molecular weight is 387 g/mol. The van der Waals surface area contributed by atoms with Crippen molar-refractivity contribution in [2.45, 2.75) is 44.0 Å². The van der Waals surface area contributed by atoms with Crippen LogP contribution in [0.3, 0.4) is 0 Å². The zero-order valence-corrected chi connectivity index (χ0v) is 15.8. The van der Waals surface area contributed by atoms with Gasteiger partial charge >= 0.3 is 0 Å². The predicted octanol–water partition coefficient (Wildman–Crippen LogP) is 2.65. The molecule has 1 aliphatic rings. The van der Waals surface area contributed by atoms with E-state index >= 15 is 0 Å². The van der Waals surface area contributed by atoms with Gasteiger partial charge in [0.2, 0.25) is 5.91 Å². The fraction of sp³-hybridized carbons (Fsp3) is 0.368. The number of nitrogens with zero attached hydrogens (tertiary/aromatic N) is 2. The summed E-state index contributed by atoms with van der Waals surface area (Å²) in [7, 11) is -3.94. The van der Waals surface area contributed by atoms with E-state index in [1.54, 1.807) is 4.68 Å². The van der Waals surface area contributed by atoms with Crippen LogP contribution in [0.5, 0.6) is 0 Å². The molecule has 1 N–H and O–H groups in total. The third kappa shape index (κ3) is 3.75. The first-order valence-electron chi connectivity index (χ1n) is 9.03. The van der Waals surface area contributed by atoms with Crippen LogP contribution in [-0.4, -0.2) is 24.1 Å². The molecule has 27 heavy (non-hydrogen) atoms. The van der Waals surface area contributed by atoms with Crippen LogP contribution < -0.4 is 4.72 Å². The molecular formula is C19H21N3O4S. The molecule has 0 unspecified atom stereocenters. The molecule has 0 bridgehead atoms. The van der Waals surface area contributed by atoms with Gasteiger partial charge in [-0.15, -0.1) is 0 Å². The number of hydrogen-bond acceptors (Lipinski definition) is 5. The van der Waals surface area contributed by atoms with E-state index in [0.29, 0.717) is 30.2 Å². The van der Waals surface area contributed by atoms with Crippen LogP contribution in [0, 0.1) is 5.92 Å². The highest BCUT2D eigenvalue weighted by Crippen LogP contribution is 2.30. The molecule has 0 atom stereocenters. The van der Waals surface area contributed by atoms with Gasteiger partial charge in [0.1, 0.15) is 16.2 Å². The lowest BCUT2D eigenvalue weighted by atomic mass is 10.1. The van der Waals surface area contributed by atoms with Gasteiger partial charge in [-0.05, 0) is 24.8 Å². The van der Waals surface area contributed by atoms with Gasteiger partial charge in [0.25, 0.3) is 10.0 Å². The molecule has 142 valence electrons. The minimum Gasteiger partial charge on any atom is -0.461 e. The summed E-state index contributed by atoms with van der Waals surface area (Å²) in [5.74, 6) is 0.684. The Morgan fingerprint density at radius 2 is 2.11 bits per heavy atom. The summed E-state index contributed by atoms with van der Waals surface area (Å²) in [5.41, 5.74) is 1.42. The Labute approximate surface area is 157 Å². The van der Waals surface area contributed by atoms with Crippen molar-refractivity contribution in [2.75, 3.05) is 0 Å². The van der Waals surface area contributed by atoms with Crippen LogP contribution in [0.1, 0.15) is 31.1 Å². The van der Waals surface area contributed by atoms with E-state index in [4.69, 9.17) is 4.42 Å². The van der Waals surface area contributed by atoms with E-state index < -0.39 is 15.9 Å². The highest BCUT2D eigenvalue weighted by atomic mass is 32.2. The molecule has 2 aromatic heterocycles. The minimum atomic E-state index is -3.94. The number of furan rings is 1. The van der Waals surface area contributed by atoms with Gasteiger partial charge in [0.15, 0.2) is 0 Å². The van der Waals surface area contributed by atoms with Gasteiger partial charge < -0.3 is 4.42 Å². The maximum atomic E-state index is 12.5. The number of amides is 1. The second-order valence-corrected chi connectivity index (χ2v) is 8.58. The number of rotatable bonds is 7. The molecule has 1 aliphatic carbocycles. The standard InChI is InChI=1S/C19H21N3O4S/c1-2-17-16(15-5-3-4-6-18(15)26-17)9-19(23)21-27(24,25)14-10-20-22(12-14)11-13-7-8-13/h3-6,10,12-13H,2,7-9,11H2,1H3,(H,21,23). The molecule has 8 heteroatoms. The number of carbonyl (C=O) groups is 1. The molecule has 0 saturated heterocycles. The van der Waals surface area contributed by atoms with Crippen molar-refractivity contribution < 1.29 is 17.6 Å². The molecular weight excluding hydrogens is 366 g/mol. The molecule has 0 spiro atoms. The highest BCUT2D eigenvalue weighted by molar-refractivity contribution is 7.90. The Hall–Kier alpha value is -2.61. The summed E-state index contributed by atoms with van der Waals surface area (Å²) in [4.78, 5) is 12.5. The Kier molecular flexibility index (Phi) is 4.51. The number of fused-ring (bicyclic) bond motifs is 1. The third-order valence-corrected chi connectivity index (χ3v) is 6.08. The zero-order valence-electron chi connectivity index (χ0n) is 15.0. The first kappa shape index (κ1) is 17.8. The number of hydrogen-bond donors (Lipinski definition) is 1. The molecule has 1 amide bonds. The lowest BCUT2D eigenvalue weighted by molar-refractivity contribution is -0.118. The van der Waals surface area contributed by atoms with E-state index in [-0.39, 0.29) is 11.3 Å². The molecule has 0 aliphatic heterocycles. The van der Waals surface area contributed by atoms with Gasteiger partial charge in [-0.1, -0.05) is 25.1 Å². The van der Waals surface area contributed by atoms with E-state index in [1.165, 1.54) is 12.4 Å². The van der Waals surface area contributed by atoms with Gasteiger partial charge in [-0.2, -0.15) is 5.10 Å². The second-order valence-electron chi connectivity index (χ2n) is 6.90. The molecule has 1 saturated carbocycles. The van der Waals surface area contributed by atoms with Crippen molar-refractivity contribution in [3.8, 4) is 0 Å². The third-order valence-electron chi connectivity index (χ3n) is 4.75. The maximum absolute atomic E-state index is 12.5. The highest BCUT2D eigenvalue weighted by Gasteiger charge is 2.25. The number of para-hydroxylation sites is 1. The van der Waals surface area contributed by atoms with Crippen LogP contribution >= 0.6 is 0 Å². The summed E-state index contributed by atoms with van der Waals surface area (Å²) in [5, 5.41) is 4.92. The second kappa shape index (κ2) is 6.84. The van der Waals surface area contributed by atoms with Gasteiger partial charge in [-0.25, -0.2) is 13.1 Å². The number of aromatic nitrogens is 2. The van der Waals surface area contributed by atoms with Gasteiger partial charge in [0, 0.05) is 30.1 Å². The SMILES string of the molecule is CCc1oc2ccccc2c1CC(=O)NS(=O)(=O)c1cnn(CC2CC2)c1. The van der Waals surface area contributed by atoms with Crippen molar-refractivity contribution in [1.29, 1.82) is 0 Å². The summed E-state index contributed by atoms with van der Waals surface area (Å²) >= 11 is 0. The van der Waals surface area contributed by atoms with Crippen molar-refractivity contribution in [3.63, 3.8) is 0 Å². The summed E-state index contributed by atoms with van der Waals surface area (Å²) in [6.45, 7) is 2.65. The zero-order chi connectivity index (χ0) is 19.0. The lowest BCUT2D eigenvalue weighted by Gasteiger charge is -2.05. The van der Waals surface area contributed by atoms with Crippen molar-refractivity contribution in [1.82, 2.24) is 14.5 Å². The maximum Gasteiger partial charge on any atom is 0.267 e. The summed E-state index contributed by atoms with van der Waals surface area (Å²) in [6.07, 6.45) is 5.61. The molecule has 7 nitrogen and oxygen atoms in total. The van der Waals surface area contributed by atoms with Gasteiger partial charge in [-0.3, -0.25) is 9.48 Å². The van der Waals surface area contributed by atoms with Crippen LogP contribution in [0.25, 0.3) is 11.0 Å². The largest absolute Gasteiger partial charge is 0.461 e. The predicted molar refractivity (Wildman–Crippen MR) is 99.6 cm³/mol. The van der Waals surface area contributed by atoms with E-state index in [2.05, 4.69) is 9.82 Å². The molecule has 0 radical (unpaired) electrons. The van der Waals surface area contributed by atoms with Crippen molar-refractivity contribution in [3.05, 3.63) is 48.0 Å². The lowest BCUT2D eigenvalue weighted by Crippen LogP contribution is -2.31. The van der Waals surface area contributed by atoms with E-state index in [9.17, 15) is 13.2 Å². The molecule has 3 aromatic rings. The smallest absolute Gasteiger partial charge is 0.267 e. The normalized spacial score (nSPS) is 14.6. The fourth-order valence-corrected chi connectivity index (χ4v) is 4.12. The quantitative estimate of drug-likeness (QED) is 0.673.